The van der Waals surface area contributed by atoms with Crippen molar-refractivity contribution in [2.24, 2.45) is 7.05 Å². The van der Waals surface area contributed by atoms with Gasteiger partial charge in [-0.3, -0.25) is 0 Å². The Morgan fingerprint density at radius 1 is 1.12 bits per heavy atom. The third kappa shape index (κ3) is 3.80. The zero-order valence-electron chi connectivity index (χ0n) is 19.2. The predicted octanol–water partition coefficient (Wildman–Crippen LogP) is 4.81. The van der Waals surface area contributed by atoms with E-state index in [1.807, 2.05) is 41.7 Å². The highest BCUT2D eigenvalue weighted by molar-refractivity contribution is 7.11. The van der Waals surface area contributed by atoms with E-state index in [2.05, 4.69) is 42.1 Å². The summed E-state index contributed by atoms with van der Waals surface area (Å²) in [6.45, 7) is 2.10. The second-order valence-electron chi connectivity index (χ2n) is 9.59. The van der Waals surface area contributed by atoms with E-state index in [0.29, 0.717) is 12.0 Å². The molecule has 2 aliphatic rings. The largest absolute Gasteiger partial charge is 0.387 e. The number of nitrogens with one attached hydrogen (secondary N) is 1. The summed E-state index contributed by atoms with van der Waals surface area (Å²) in [5.74, 6) is 1.44. The minimum Gasteiger partial charge on any atom is -0.387 e. The lowest BCUT2D eigenvalue weighted by molar-refractivity contribution is 0.135. The van der Waals surface area contributed by atoms with E-state index in [-0.39, 0.29) is 6.04 Å². The van der Waals surface area contributed by atoms with Crippen LogP contribution in [-0.4, -0.2) is 31.7 Å². The van der Waals surface area contributed by atoms with Crippen LogP contribution in [0, 0.1) is 6.92 Å². The zero-order valence-corrected chi connectivity index (χ0v) is 20.0. The summed E-state index contributed by atoms with van der Waals surface area (Å²) in [6, 6.07) is 17.2. The molecule has 2 aromatic carbocycles. The van der Waals surface area contributed by atoms with Gasteiger partial charge in [0, 0.05) is 24.0 Å². The van der Waals surface area contributed by atoms with Gasteiger partial charge in [0.1, 0.15) is 5.82 Å². The first-order valence-corrected chi connectivity index (χ1v) is 12.8. The minimum absolute atomic E-state index is 0.112. The molecule has 0 spiro atoms. The van der Waals surface area contributed by atoms with Gasteiger partial charge in [0.05, 0.1) is 33.8 Å². The van der Waals surface area contributed by atoms with Crippen molar-refractivity contribution in [1.82, 2.24) is 19.9 Å². The fourth-order valence-electron chi connectivity index (χ4n) is 5.73. The molecule has 3 heterocycles. The number of hydrogen-bond acceptors (Lipinski definition) is 5. The van der Waals surface area contributed by atoms with E-state index in [1.165, 1.54) is 21.7 Å². The summed E-state index contributed by atoms with van der Waals surface area (Å²) in [7, 11) is 2.13. The number of thiazole rings is 1. The predicted molar refractivity (Wildman–Crippen MR) is 133 cm³/mol. The van der Waals surface area contributed by atoms with Crippen LogP contribution in [0.5, 0.6) is 0 Å². The molecule has 2 N–H and O–H groups in total. The van der Waals surface area contributed by atoms with Gasteiger partial charge in [-0.1, -0.05) is 36.4 Å². The van der Waals surface area contributed by atoms with Gasteiger partial charge < -0.3 is 15.0 Å². The first-order chi connectivity index (χ1) is 16.1. The van der Waals surface area contributed by atoms with Crippen LogP contribution in [0.15, 0.2) is 48.5 Å². The van der Waals surface area contributed by atoms with E-state index in [1.54, 1.807) is 0 Å². The Bertz CT molecular complexity index is 1290. The third-order valence-corrected chi connectivity index (χ3v) is 8.44. The number of nitrogens with zero attached hydrogens (tertiary/aromatic N) is 3. The lowest BCUT2D eigenvalue weighted by atomic mass is 10.0. The Kier molecular flexibility index (Phi) is 5.32. The smallest absolute Gasteiger partial charge is 0.118 e. The van der Waals surface area contributed by atoms with Crippen molar-refractivity contribution in [3.63, 3.8) is 0 Å². The minimum atomic E-state index is -0.456. The van der Waals surface area contributed by atoms with Crippen molar-refractivity contribution in [2.75, 3.05) is 0 Å². The second-order valence-corrected chi connectivity index (χ2v) is 10.9. The second kappa shape index (κ2) is 8.35. The number of benzene rings is 2. The molecule has 2 aromatic heterocycles. The summed E-state index contributed by atoms with van der Waals surface area (Å²) in [5.41, 5.74) is 5.80. The highest BCUT2D eigenvalue weighted by Gasteiger charge is 2.32. The van der Waals surface area contributed by atoms with Crippen LogP contribution in [0.25, 0.3) is 11.0 Å². The molecule has 6 heteroatoms. The van der Waals surface area contributed by atoms with Gasteiger partial charge in [0.25, 0.3) is 0 Å². The average Bonchev–Trinajstić information content (AvgIpc) is 3.58. The van der Waals surface area contributed by atoms with Crippen molar-refractivity contribution in [1.29, 1.82) is 0 Å². The highest BCUT2D eigenvalue weighted by atomic mass is 32.1. The van der Waals surface area contributed by atoms with Crippen LogP contribution >= 0.6 is 11.3 Å². The first kappa shape index (κ1) is 21.0. The van der Waals surface area contributed by atoms with Crippen molar-refractivity contribution in [3.05, 3.63) is 81.1 Å². The van der Waals surface area contributed by atoms with Crippen LogP contribution in [-0.2, 0) is 19.9 Å². The molecule has 0 bridgehead atoms. The van der Waals surface area contributed by atoms with Crippen LogP contribution < -0.4 is 5.32 Å². The number of aliphatic hydroxyl groups excluding tert-OH is 1. The normalized spacial score (nSPS) is 23.3. The topological polar surface area (TPSA) is 63.0 Å². The van der Waals surface area contributed by atoms with Crippen molar-refractivity contribution < 1.29 is 5.11 Å². The van der Waals surface area contributed by atoms with E-state index >= 15 is 0 Å². The fraction of sp³-hybridized carbons (Fsp3) is 0.407. The van der Waals surface area contributed by atoms with Gasteiger partial charge in [0.15, 0.2) is 0 Å². The molecule has 33 heavy (non-hydrogen) atoms. The molecule has 4 aromatic rings. The van der Waals surface area contributed by atoms with Crippen molar-refractivity contribution in [2.45, 2.75) is 63.1 Å². The molecule has 1 aliphatic heterocycles. The fourth-order valence-corrected chi connectivity index (χ4v) is 6.74. The van der Waals surface area contributed by atoms with Gasteiger partial charge in [-0.2, -0.15) is 0 Å². The average molecular weight is 459 g/mol. The van der Waals surface area contributed by atoms with Gasteiger partial charge in [-0.15, -0.1) is 11.3 Å². The number of aliphatic hydroxyl groups is 1. The Morgan fingerprint density at radius 2 is 1.97 bits per heavy atom. The number of aryl methyl sites for hydroxylation is 3. The summed E-state index contributed by atoms with van der Waals surface area (Å²) in [6.07, 6.45) is 4.79. The molecule has 4 unspecified atom stereocenters. The maximum Gasteiger partial charge on any atom is 0.118 e. The number of aromatic nitrogens is 3. The summed E-state index contributed by atoms with van der Waals surface area (Å²) in [4.78, 5) is 11.3. The molecule has 0 radical (unpaired) electrons. The number of imidazole rings is 1. The maximum atomic E-state index is 10.8. The molecule has 6 rings (SSSR count). The molecule has 1 fully saturated rings. The number of hydrogen-bond donors (Lipinski definition) is 2. The number of rotatable bonds is 5. The molecule has 4 atom stereocenters. The van der Waals surface area contributed by atoms with Gasteiger partial charge in [0.2, 0.25) is 0 Å². The molecule has 0 amide bonds. The highest BCUT2D eigenvalue weighted by Crippen LogP contribution is 2.40. The van der Waals surface area contributed by atoms with Crippen molar-refractivity contribution >= 4 is 22.4 Å². The molecular formula is C27H30N4OS. The quantitative estimate of drug-likeness (QED) is 0.450. The van der Waals surface area contributed by atoms with Gasteiger partial charge in [-0.25, -0.2) is 9.97 Å². The van der Waals surface area contributed by atoms with E-state index in [9.17, 15) is 5.11 Å². The molecular weight excluding hydrogens is 428 g/mol. The SMILES string of the molecule is Cc1nc2c(s1)CCC2c1nc2cc(CC3CCC(C(O)c4ccccc4)N3)ccc2n1C. The van der Waals surface area contributed by atoms with Crippen LogP contribution in [0.2, 0.25) is 0 Å². The van der Waals surface area contributed by atoms with E-state index in [4.69, 9.17) is 9.97 Å². The van der Waals surface area contributed by atoms with Crippen LogP contribution in [0.4, 0.5) is 0 Å². The first-order valence-electron chi connectivity index (χ1n) is 12.0. The molecule has 0 saturated carbocycles. The Labute approximate surface area is 198 Å². The summed E-state index contributed by atoms with van der Waals surface area (Å²) >= 11 is 1.84. The van der Waals surface area contributed by atoms with Crippen LogP contribution in [0.3, 0.4) is 0 Å². The Hall–Kier alpha value is -2.54. The van der Waals surface area contributed by atoms with Crippen molar-refractivity contribution in [3.8, 4) is 0 Å². The molecule has 1 aliphatic carbocycles. The van der Waals surface area contributed by atoms with Gasteiger partial charge in [-0.05, 0) is 62.3 Å². The lowest BCUT2D eigenvalue weighted by Crippen LogP contribution is -2.35. The summed E-state index contributed by atoms with van der Waals surface area (Å²) in [5, 5.41) is 15.6. The Morgan fingerprint density at radius 3 is 2.82 bits per heavy atom. The monoisotopic (exact) mass is 458 g/mol. The molecule has 5 nitrogen and oxygen atoms in total. The van der Waals surface area contributed by atoms with Gasteiger partial charge >= 0.3 is 0 Å². The summed E-state index contributed by atoms with van der Waals surface area (Å²) < 4.78 is 2.26. The molecule has 170 valence electrons. The standard InChI is InChI=1S/C27H30N4OS/c1-16-28-25-20(10-13-24(25)33-16)27-30-22-15-17(8-12-23(22)31(27)2)14-19-9-11-21(29-19)26(32)18-6-4-3-5-7-18/h3-8,12,15,19-21,26,29,32H,9-11,13-14H2,1-2H3. The third-order valence-electron chi connectivity index (χ3n) is 7.40. The van der Waals surface area contributed by atoms with Crippen LogP contribution in [0.1, 0.15) is 63.8 Å². The van der Waals surface area contributed by atoms with E-state index in [0.717, 1.165) is 54.0 Å². The Balaban J connectivity index is 1.19. The zero-order chi connectivity index (χ0) is 22.5. The maximum absolute atomic E-state index is 10.8. The van der Waals surface area contributed by atoms with E-state index < -0.39 is 6.10 Å². The molecule has 1 saturated heterocycles. The number of fused-ring (bicyclic) bond motifs is 2. The lowest BCUT2D eigenvalue weighted by Gasteiger charge is -2.20.